The van der Waals surface area contributed by atoms with Gasteiger partial charge in [0.05, 0.1) is 18.4 Å². The summed E-state index contributed by atoms with van der Waals surface area (Å²) in [5.74, 6) is 1.56. The molecular formula is C17H25N3. The molecule has 0 fully saturated rings. The standard InChI is InChI=1S/C17H25N3/c1-5-13(4)18-11-17-19-10-16(20-17)15-8-6-14(7-9-15)12(2)3/h6-10,12-13,18H,5,11H2,1-4H3,(H,19,20). The molecule has 2 N–H and O–H groups in total. The predicted octanol–water partition coefficient (Wildman–Crippen LogP) is 4.09. The molecule has 3 nitrogen and oxygen atoms in total. The summed E-state index contributed by atoms with van der Waals surface area (Å²) in [5, 5.41) is 3.44. The molecule has 1 atom stereocenters. The van der Waals surface area contributed by atoms with Crippen molar-refractivity contribution in [3.05, 3.63) is 41.9 Å². The zero-order valence-corrected chi connectivity index (χ0v) is 12.9. The first kappa shape index (κ1) is 14.8. The quantitative estimate of drug-likeness (QED) is 0.831. The molecule has 108 valence electrons. The topological polar surface area (TPSA) is 40.7 Å². The molecule has 1 aromatic heterocycles. The summed E-state index contributed by atoms with van der Waals surface area (Å²) < 4.78 is 0. The molecule has 20 heavy (non-hydrogen) atoms. The molecule has 0 radical (unpaired) electrons. The van der Waals surface area contributed by atoms with Gasteiger partial charge in [-0.2, -0.15) is 0 Å². The fraction of sp³-hybridized carbons (Fsp3) is 0.471. The molecule has 3 heteroatoms. The molecule has 1 unspecified atom stereocenters. The summed E-state index contributed by atoms with van der Waals surface area (Å²) >= 11 is 0. The van der Waals surface area contributed by atoms with Crippen LogP contribution in [0.25, 0.3) is 11.3 Å². The summed E-state index contributed by atoms with van der Waals surface area (Å²) in [5.41, 5.74) is 3.64. The van der Waals surface area contributed by atoms with Gasteiger partial charge in [0.2, 0.25) is 0 Å². The van der Waals surface area contributed by atoms with Crippen molar-refractivity contribution >= 4 is 0 Å². The van der Waals surface area contributed by atoms with E-state index in [0.29, 0.717) is 12.0 Å². The monoisotopic (exact) mass is 271 g/mol. The Bertz CT molecular complexity index is 525. The van der Waals surface area contributed by atoms with E-state index in [1.165, 1.54) is 11.1 Å². The molecular weight excluding hydrogens is 246 g/mol. The maximum absolute atomic E-state index is 4.44. The third kappa shape index (κ3) is 3.70. The van der Waals surface area contributed by atoms with Crippen LogP contribution in [0.4, 0.5) is 0 Å². The third-order valence-electron chi connectivity index (χ3n) is 3.75. The van der Waals surface area contributed by atoms with Gasteiger partial charge in [-0.05, 0) is 30.4 Å². The number of benzene rings is 1. The molecule has 0 spiro atoms. The predicted molar refractivity (Wildman–Crippen MR) is 84.7 cm³/mol. The third-order valence-corrected chi connectivity index (χ3v) is 3.75. The second-order valence-corrected chi connectivity index (χ2v) is 5.71. The highest BCUT2D eigenvalue weighted by atomic mass is 15.0. The van der Waals surface area contributed by atoms with Crippen LogP contribution in [-0.2, 0) is 6.54 Å². The van der Waals surface area contributed by atoms with Gasteiger partial charge in [0.25, 0.3) is 0 Å². The van der Waals surface area contributed by atoms with Crippen LogP contribution in [0.2, 0.25) is 0 Å². The largest absolute Gasteiger partial charge is 0.341 e. The molecule has 1 heterocycles. The van der Waals surface area contributed by atoms with Crippen LogP contribution in [0.15, 0.2) is 30.5 Å². The molecule has 2 rings (SSSR count). The van der Waals surface area contributed by atoms with E-state index in [2.05, 4.69) is 67.2 Å². The number of rotatable bonds is 6. The van der Waals surface area contributed by atoms with E-state index in [-0.39, 0.29) is 0 Å². The van der Waals surface area contributed by atoms with Gasteiger partial charge in [0, 0.05) is 6.04 Å². The Kier molecular flexibility index (Phi) is 4.96. The normalized spacial score (nSPS) is 12.8. The Morgan fingerprint density at radius 2 is 1.85 bits per heavy atom. The average molecular weight is 271 g/mol. The van der Waals surface area contributed by atoms with Crippen molar-refractivity contribution in [1.29, 1.82) is 0 Å². The summed E-state index contributed by atoms with van der Waals surface area (Å²) in [6.45, 7) is 9.59. The van der Waals surface area contributed by atoms with Crippen LogP contribution in [0.1, 0.15) is 51.4 Å². The molecule has 0 saturated heterocycles. The number of hydrogen-bond donors (Lipinski definition) is 2. The summed E-state index contributed by atoms with van der Waals surface area (Å²) in [6, 6.07) is 9.23. The number of aromatic amines is 1. The van der Waals surface area contributed by atoms with Gasteiger partial charge < -0.3 is 10.3 Å². The van der Waals surface area contributed by atoms with Gasteiger partial charge in [-0.15, -0.1) is 0 Å². The van der Waals surface area contributed by atoms with Gasteiger partial charge in [-0.1, -0.05) is 45.0 Å². The Morgan fingerprint density at radius 1 is 1.15 bits per heavy atom. The first-order chi connectivity index (χ1) is 9.60. The zero-order chi connectivity index (χ0) is 14.5. The number of imidazole rings is 1. The Labute approximate surface area is 121 Å². The smallest absolute Gasteiger partial charge is 0.120 e. The van der Waals surface area contributed by atoms with Crippen LogP contribution in [-0.4, -0.2) is 16.0 Å². The van der Waals surface area contributed by atoms with Gasteiger partial charge in [0.15, 0.2) is 0 Å². The van der Waals surface area contributed by atoms with E-state index < -0.39 is 0 Å². The van der Waals surface area contributed by atoms with Crippen molar-refractivity contribution in [3.8, 4) is 11.3 Å². The van der Waals surface area contributed by atoms with E-state index in [9.17, 15) is 0 Å². The first-order valence-corrected chi connectivity index (χ1v) is 7.47. The lowest BCUT2D eigenvalue weighted by molar-refractivity contribution is 0.525. The van der Waals surface area contributed by atoms with Crippen LogP contribution in [0.3, 0.4) is 0 Å². The summed E-state index contributed by atoms with van der Waals surface area (Å²) in [6.07, 6.45) is 3.04. The average Bonchev–Trinajstić information content (AvgIpc) is 2.93. The van der Waals surface area contributed by atoms with Crippen LogP contribution in [0.5, 0.6) is 0 Å². The lowest BCUT2D eigenvalue weighted by Crippen LogP contribution is -2.24. The van der Waals surface area contributed by atoms with Crippen LogP contribution >= 0.6 is 0 Å². The molecule has 0 aliphatic rings. The number of nitrogens with one attached hydrogen (secondary N) is 2. The number of H-pyrrole nitrogens is 1. The zero-order valence-electron chi connectivity index (χ0n) is 12.9. The molecule has 0 aliphatic carbocycles. The minimum Gasteiger partial charge on any atom is -0.341 e. The Morgan fingerprint density at radius 3 is 2.45 bits per heavy atom. The highest BCUT2D eigenvalue weighted by molar-refractivity contribution is 5.58. The summed E-state index contributed by atoms with van der Waals surface area (Å²) in [4.78, 5) is 7.82. The lowest BCUT2D eigenvalue weighted by atomic mass is 10.0. The van der Waals surface area contributed by atoms with Crippen molar-refractivity contribution in [2.24, 2.45) is 0 Å². The summed E-state index contributed by atoms with van der Waals surface area (Å²) in [7, 11) is 0. The van der Waals surface area contributed by atoms with E-state index >= 15 is 0 Å². The van der Waals surface area contributed by atoms with Crippen LogP contribution in [0, 0.1) is 0 Å². The van der Waals surface area contributed by atoms with Crippen LogP contribution < -0.4 is 5.32 Å². The van der Waals surface area contributed by atoms with Gasteiger partial charge in [-0.25, -0.2) is 4.98 Å². The minimum absolute atomic E-state index is 0.522. The molecule has 0 bridgehead atoms. The Balaban J connectivity index is 2.04. The first-order valence-electron chi connectivity index (χ1n) is 7.47. The molecule has 0 saturated carbocycles. The van der Waals surface area contributed by atoms with Crippen molar-refractivity contribution in [3.63, 3.8) is 0 Å². The van der Waals surface area contributed by atoms with Crippen molar-refractivity contribution in [2.45, 2.75) is 52.6 Å². The highest BCUT2D eigenvalue weighted by Gasteiger charge is 2.05. The van der Waals surface area contributed by atoms with Crippen molar-refractivity contribution in [1.82, 2.24) is 15.3 Å². The fourth-order valence-electron chi connectivity index (χ4n) is 2.06. The molecule has 0 amide bonds. The molecule has 1 aromatic carbocycles. The molecule has 0 aliphatic heterocycles. The Hall–Kier alpha value is -1.61. The second-order valence-electron chi connectivity index (χ2n) is 5.71. The minimum atomic E-state index is 0.522. The lowest BCUT2D eigenvalue weighted by Gasteiger charge is -2.09. The van der Waals surface area contributed by atoms with Gasteiger partial charge in [-0.3, -0.25) is 0 Å². The van der Waals surface area contributed by atoms with Gasteiger partial charge >= 0.3 is 0 Å². The fourth-order valence-corrected chi connectivity index (χ4v) is 2.06. The number of hydrogen-bond acceptors (Lipinski definition) is 2. The van der Waals surface area contributed by atoms with E-state index in [4.69, 9.17) is 0 Å². The van der Waals surface area contributed by atoms with E-state index in [1.54, 1.807) is 0 Å². The number of aromatic nitrogens is 2. The van der Waals surface area contributed by atoms with Crippen molar-refractivity contribution in [2.75, 3.05) is 0 Å². The maximum atomic E-state index is 4.44. The van der Waals surface area contributed by atoms with Crippen molar-refractivity contribution < 1.29 is 0 Å². The highest BCUT2D eigenvalue weighted by Crippen LogP contribution is 2.21. The van der Waals surface area contributed by atoms with E-state index in [0.717, 1.165) is 24.5 Å². The second kappa shape index (κ2) is 6.71. The molecule has 2 aromatic rings. The maximum Gasteiger partial charge on any atom is 0.120 e. The van der Waals surface area contributed by atoms with E-state index in [1.807, 2.05) is 6.20 Å². The number of nitrogens with zero attached hydrogens (tertiary/aromatic N) is 1. The SMILES string of the molecule is CCC(C)NCc1ncc(-c2ccc(C(C)C)cc2)[nH]1. The van der Waals surface area contributed by atoms with Gasteiger partial charge in [0.1, 0.15) is 5.82 Å².